The molecule has 1 aliphatic heterocycles. The average Bonchev–Trinajstić information content (AvgIpc) is 2.30. The number of halogens is 3. The van der Waals surface area contributed by atoms with E-state index in [4.69, 9.17) is 0 Å². The Bertz CT molecular complexity index is 452. The van der Waals surface area contributed by atoms with Crippen LogP contribution in [0, 0.1) is 5.82 Å². The van der Waals surface area contributed by atoms with E-state index in [1.165, 1.54) is 12.1 Å². The van der Waals surface area contributed by atoms with Gasteiger partial charge in [0.1, 0.15) is 5.82 Å². The molecule has 0 aromatic heterocycles. The Labute approximate surface area is 127 Å². The Morgan fingerprint density at radius 3 is 2.74 bits per heavy atom. The van der Waals surface area contributed by atoms with Crippen molar-refractivity contribution in [3.8, 4) is 0 Å². The molecule has 0 spiro atoms. The topological polar surface area (TPSA) is 32.3 Å². The molecule has 0 radical (unpaired) electrons. The number of nitrogens with one attached hydrogen (secondary N) is 1. The van der Waals surface area contributed by atoms with Gasteiger partial charge in [0, 0.05) is 35.2 Å². The van der Waals surface area contributed by atoms with E-state index in [0.29, 0.717) is 16.6 Å². The Morgan fingerprint density at radius 2 is 2.11 bits per heavy atom. The molecule has 0 aliphatic carbocycles. The molecule has 0 bridgehead atoms. The SMILES string of the molecule is CC1NCCN(C(=O)c2cc(F)cc(Br)c2)C1C.Cl. The molecule has 3 nitrogen and oxygen atoms in total. The minimum Gasteiger partial charge on any atom is -0.333 e. The molecule has 2 atom stereocenters. The Kier molecular flexibility index (Phi) is 5.77. The summed E-state index contributed by atoms with van der Waals surface area (Å²) in [5, 5.41) is 3.31. The van der Waals surface area contributed by atoms with Gasteiger partial charge in [-0.15, -0.1) is 12.4 Å². The first-order valence-corrected chi connectivity index (χ1v) is 6.79. The standard InChI is InChI=1S/C13H16BrFN2O.ClH/c1-8-9(2)17(4-3-16-8)13(18)10-5-11(14)7-12(15)6-10;/h5-9,16H,3-4H2,1-2H3;1H. The van der Waals surface area contributed by atoms with Gasteiger partial charge in [0.25, 0.3) is 5.91 Å². The summed E-state index contributed by atoms with van der Waals surface area (Å²) in [5.74, 6) is -0.514. The van der Waals surface area contributed by atoms with Crippen LogP contribution in [0.4, 0.5) is 4.39 Å². The molecule has 2 unspecified atom stereocenters. The maximum absolute atomic E-state index is 13.3. The molecule has 1 aromatic carbocycles. The first-order valence-electron chi connectivity index (χ1n) is 5.99. The fourth-order valence-corrected chi connectivity index (χ4v) is 2.65. The Morgan fingerprint density at radius 1 is 1.42 bits per heavy atom. The zero-order chi connectivity index (χ0) is 13.3. The normalized spacial score (nSPS) is 22.8. The molecule has 106 valence electrons. The first kappa shape index (κ1) is 16.4. The number of carbonyl (C=O) groups excluding carboxylic acids is 1. The summed E-state index contributed by atoms with van der Waals surface area (Å²) in [6.45, 7) is 5.47. The molecule has 1 amide bonds. The third-order valence-electron chi connectivity index (χ3n) is 3.40. The highest BCUT2D eigenvalue weighted by Gasteiger charge is 2.28. The van der Waals surface area contributed by atoms with Gasteiger partial charge in [0.2, 0.25) is 0 Å². The molecule has 0 saturated carbocycles. The monoisotopic (exact) mass is 350 g/mol. The zero-order valence-corrected chi connectivity index (χ0v) is 13.2. The second kappa shape index (κ2) is 6.68. The van der Waals surface area contributed by atoms with Crippen molar-refractivity contribution < 1.29 is 9.18 Å². The quantitative estimate of drug-likeness (QED) is 0.844. The van der Waals surface area contributed by atoms with E-state index in [1.54, 1.807) is 11.0 Å². The van der Waals surface area contributed by atoms with Crippen LogP contribution in [0.3, 0.4) is 0 Å². The van der Waals surface area contributed by atoms with Crippen LogP contribution in [-0.2, 0) is 0 Å². The Balaban J connectivity index is 0.00000180. The van der Waals surface area contributed by atoms with Crippen molar-refractivity contribution in [2.45, 2.75) is 25.9 Å². The number of rotatable bonds is 1. The first-order chi connectivity index (χ1) is 8.49. The summed E-state index contributed by atoms with van der Waals surface area (Å²) in [6, 6.07) is 4.64. The van der Waals surface area contributed by atoms with Crippen molar-refractivity contribution in [1.82, 2.24) is 10.2 Å². The molecule has 1 fully saturated rings. The van der Waals surface area contributed by atoms with Crippen LogP contribution in [0.5, 0.6) is 0 Å². The van der Waals surface area contributed by atoms with Crippen molar-refractivity contribution in [3.05, 3.63) is 34.1 Å². The predicted molar refractivity (Wildman–Crippen MR) is 79.3 cm³/mol. The predicted octanol–water partition coefficient (Wildman–Crippen LogP) is 2.83. The highest BCUT2D eigenvalue weighted by atomic mass is 79.9. The number of amides is 1. The molecular weight excluding hydrogens is 335 g/mol. The summed E-state index contributed by atoms with van der Waals surface area (Å²) >= 11 is 3.21. The van der Waals surface area contributed by atoms with E-state index >= 15 is 0 Å². The van der Waals surface area contributed by atoms with Gasteiger partial charge >= 0.3 is 0 Å². The van der Waals surface area contributed by atoms with Crippen molar-refractivity contribution >= 4 is 34.2 Å². The molecule has 1 aromatic rings. The number of hydrogen-bond donors (Lipinski definition) is 1. The van der Waals surface area contributed by atoms with Crippen LogP contribution >= 0.6 is 28.3 Å². The van der Waals surface area contributed by atoms with Gasteiger partial charge in [-0.25, -0.2) is 4.39 Å². The Hall–Kier alpha value is -0.650. The minimum absolute atomic E-state index is 0. The minimum atomic E-state index is -0.399. The van der Waals surface area contributed by atoms with Crippen LogP contribution in [0.2, 0.25) is 0 Å². The smallest absolute Gasteiger partial charge is 0.254 e. The molecule has 1 N–H and O–H groups in total. The van der Waals surface area contributed by atoms with Gasteiger partial charge in [0.15, 0.2) is 0 Å². The van der Waals surface area contributed by atoms with Crippen LogP contribution in [0.25, 0.3) is 0 Å². The van der Waals surface area contributed by atoms with Crippen LogP contribution in [0.1, 0.15) is 24.2 Å². The average molecular weight is 352 g/mol. The van der Waals surface area contributed by atoms with Crippen molar-refractivity contribution in [2.75, 3.05) is 13.1 Å². The summed E-state index contributed by atoms with van der Waals surface area (Å²) in [4.78, 5) is 14.2. The fraction of sp³-hybridized carbons (Fsp3) is 0.462. The van der Waals surface area contributed by atoms with Gasteiger partial charge in [-0.05, 0) is 32.0 Å². The third kappa shape index (κ3) is 3.68. The number of piperazine rings is 1. The van der Waals surface area contributed by atoms with E-state index in [2.05, 4.69) is 21.2 Å². The summed E-state index contributed by atoms with van der Waals surface area (Å²) in [5.41, 5.74) is 0.392. The van der Waals surface area contributed by atoms with Gasteiger partial charge in [0.05, 0.1) is 0 Å². The maximum atomic E-state index is 13.3. The zero-order valence-electron chi connectivity index (χ0n) is 10.8. The van der Waals surface area contributed by atoms with Gasteiger partial charge in [-0.2, -0.15) is 0 Å². The lowest BCUT2D eigenvalue weighted by atomic mass is 10.1. The third-order valence-corrected chi connectivity index (χ3v) is 3.86. The van der Waals surface area contributed by atoms with Gasteiger partial charge in [-0.1, -0.05) is 15.9 Å². The van der Waals surface area contributed by atoms with E-state index in [-0.39, 0.29) is 30.4 Å². The maximum Gasteiger partial charge on any atom is 0.254 e. The summed E-state index contributed by atoms with van der Waals surface area (Å²) < 4.78 is 13.9. The number of nitrogens with zero attached hydrogens (tertiary/aromatic N) is 1. The summed E-state index contributed by atoms with van der Waals surface area (Å²) in [7, 11) is 0. The van der Waals surface area contributed by atoms with Crippen molar-refractivity contribution in [3.63, 3.8) is 0 Å². The molecule has 1 heterocycles. The number of benzene rings is 1. The lowest BCUT2D eigenvalue weighted by molar-refractivity contribution is 0.0602. The van der Waals surface area contributed by atoms with Crippen LogP contribution in [0.15, 0.2) is 22.7 Å². The lowest BCUT2D eigenvalue weighted by Gasteiger charge is -2.38. The molecule has 6 heteroatoms. The number of carbonyl (C=O) groups is 1. The largest absolute Gasteiger partial charge is 0.333 e. The molecular formula is C13H17BrClFN2O. The van der Waals surface area contributed by atoms with Crippen molar-refractivity contribution in [2.24, 2.45) is 0 Å². The molecule has 19 heavy (non-hydrogen) atoms. The van der Waals surface area contributed by atoms with E-state index in [0.717, 1.165) is 6.54 Å². The van der Waals surface area contributed by atoms with Gasteiger partial charge in [-0.3, -0.25) is 4.79 Å². The molecule has 2 rings (SSSR count). The van der Waals surface area contributed by atoms with Gasteiger partial charge < -0.3 is 10.2 Å². The summed E-state index contributed by atoms with van der Waals surface area (Å²) in [6.07, 6.45) is 0. The molecule has 1 saturated heterocycles. The van der Waals surface area contributed by atoms with Crippen LogP contribution in [-0.4, -0.2) is 36.0 Å². The number of hydrogen-bond acceptors (Lipinski definition) is 2. The highest BCUT2D eigenvalue weighted by molar-refractivity contribution is 9.10. The van der Waals surface area contributed by atoms with Crippen molar-refractivity contribution in [1.29, 1.82) is 0 Å². The molecule has 1 aliphatic rings. The highest BCUT2D eigenvalue weighted by Crippen LogP contribution is 2.19. The second-order valence-electron chi connectivity index (χ2n) is 4.64. The van der Waals surface area contributed by atoms with E-state index < -0.39 is 5.82 Å². The fourth-order valence-electron chi connectivity index (χ4n) is 2.19. The van der Waals surface area contributed by atoms with Crippen LogP contribution < -0.4 is 5.32 Å². The lowest BCUT2D eigenvalue weighted by Crippen LogP contribution is -2.57. The van der Waals surface area contributed by atoms with E-state index in [1.807, 2.05) is 13.8 Å². The van der Waals surface area contributed by atoms with E-state index in [9.17, 15) is 9.18 Å². The second-order valence-corrected chi connectivity index (χ2v) is 5.56.